The maximum atomic E-state index is 12.6. The van der Waals surface area contributed by atoms with Crippen LogP contribution in [0.4, 0.5) is 0 Å². The second kappa shape index (κ2) is 44.1. The summed E-state index contributed by atoms with van der Waals surface area (Å²) in [6.07, 6.45) is 47.7. The smallest absolute Gasteiger partial charge is 0.462 e. The quantitative estimate of drug-likeness (QED) is 0.0266. The lowest BCUT2D eigenvalue weighted by atomic mass is 10.1. The van der Waals surface area contributed by atoms with E-state index in [1.807, 2.05) is 0 Å². The van der Waals surface area contributed by atoms with Gasteiger partial charge in [-0.1, -0.05) is 179 Å². The maximum Gasteiger partial charge on any atom is 0.472 e. The summed E-state index contributed by atoms with van der Waals surface area (Å²) in [5.74, 6) is -0.824. The topological polar surface area (TPSA) is 134 Å². The maximum absolute atomic E-state index is 12.6. The van der Waals surface area contributed by atoms with Crippen molar-refractivity contribution in [1.82, 2.24) is 0 Å². The van der Waals surface area contributed by atoms with Crippen molar-refractivity contribution in [3.05, 3.63) is 24.3 Å². The molecule has 9 nitrogen and oxygen atoms in total. The van der Waals surface area contributed by atoms with Crippen LogP contribution in [0.25, 0.3) is 0 Å². The van der Waals surface area contributed by atoms with E-state index >= 15 is 0 Å². The Labute approximate surface area is 351 Å². The number of carbonyl (C=O) groups excluding carboxylic acids is 2. The first-order valence-electron chi connectivity index (χ1n) is 23.8. The largest absolute Gasteiger partial charge is 0.472 e. The van der Waals surface area contributed by atoms with Crippen LogP contribution in [-0.4, -0.2) is 49.3 Å². The van der Waals surface area contributed by atoms with E-state index < -0.39 is 26.5 Å². The zero-order valence-electron chi connectivity index (χ0n) is 37.1. The fourth-order valence-corrected chi connectivity index (χ4v) is 7.51. The lowest BCUT2D eigenvalue weighted by molar-refractivity contribution is -0.161. The molecule has 0 saturated heterocycles. The van der Waals surface area contributed by atoms with Gasteiger partial charge in [0.1, 0.15) is 6.61 Å². The molecule has 57 heavy (non-hydrogen) atoms. The molecule has 0 bridgehead atoms. The molecule has 0 spiro atoms. The molecule has 336 valence electrons. The molecule has 1 unspecified atom stereocenters. The zero-order valence-corrected chi connectivity index (χ0v) is 38.0. The summed E-state index contributed by atoms with van der Waals surface area (Å²) in [6.45, 7) is 3.74. The Balaban J connectivity index is 4.07. The molecular formula is C47H90NO8P. The Kier molecular flexibility index (Phi) is 42.9. The second-order valence-electron chi connectivity index (χ2n) is 16.0. The SMILES string of the molecule is CCCCCC/C=C/CCCCCCCCCCCC(=O)O[C@H](COC(=O)CCCCCCCCCCC/C=C/CCCCCCCC)COP(=O)(O)OCCN. The summed E-state index contributed by atoms with van der Waals surface area (Å²) in [7, 11) is -4.38. The minimum atomic E-state index is -4.38. The van der Waals surface area contributed by atoms with Crippen LogP contribution in [0.5, 0.6) is 0 Å². The summed E-state index contributed by atoms with van der Waals surface area (Å²) in [4.78, 5) is 35.0. The number of phosphoric acid groups is 1. The number of phosphoric ester groups is 1. The van der Waals surface area contributed by atoms with E-state index in [2.05, 4.69) is 38.2 Å². The molecule has 0 saturated carbocycles. The average Bonchev–Trinajstić information content (AvgIpc) is 3.20. The number of nitrogens with two attached hydrogens (primary N) is 1. The first kappa shape index (κ1) is 55.5. The highest BCUT2D eigenvalue weighted by atomic mass is 31.2. The molecule has 0 heterocycles. The lowest BCUT2D eigenvalue weighted by Crippen LogP contribution is -2.29. The highest BCUT2D eigenvalue weighted by molar-refractivity contribution is 7.47. The first-order valence-corrected chi connectivity index (χ1v) is 25.3. The van der Waals surface area contributed by atoms with Crippen LogP contribution in [-0.2, 0) is 32.7 Å². The van der Waals surface area contributed by atoms with Gasteiger partial charge in [0.2, 0.25) is 0 Å². The van der Waals surface area contributed by atoms with Gasteiger partial charge in [-0.15, -0.1) is 0 Å². The molecule has 2 atom stereocenters. The summed E-state index contributed by atoms with van der Waals surface area (Å²) >= 11 is 0. The third-order valence-corrected chi connectivity index (χ3v) is 11.3. The van der Waals surface area contributed by atoms with Crippen molar-refractivity contribution in [2.24, 2.45) is 5.73 Å². The third kappa shape index (κ3) is 43.9. The minimum absolute atomic E-state index is 0.0542. The summed E-state index contributed by atoms with van der Waals surface area (Å²) in [6, 6.07) is 0. The third-order valence-electron chi connectivity index (χ3n) is 10.3. The van der Waals surface area contributed by atoms with Crippen molar-refractivity contribution >= 4 is 19.8 Å². The Morgan fingerprint density at radius 2 is 0.860 bits per heavy atom. The molecule has 0 fully saturated rings. The van der Waals surface area contributed by atoms with Gasteiger partial charge in [-0.05, 0) is 64.2 Å². The van der Waals surface area contributed by atoms with Gasteiger partial charge in [-0.2, -0.15) is 0 Å². The number of esters is 2. The summed E-state index contributed by atoms with van der Waals surface area (Å²) < 4.78 is 32.9. The number of rotatable bonds is 45. The predicted octanol–water partition coefficient (Wildman–Crippen LogP) is 13.9. The van der Waals surface area contributed by atoms with E-state index in [9.17, 15) is 19.0 Å². The van der Waals surface area contributed by atoms with Gasteiger partial charge in [0.15, 0.2) is 6.10 Å². The van der Waals surface area contributed by atoms with E-state index in [0.29, 0.717) is 6.42 Å². The van der Waals surface area contributed by atoms with E-state index in [1.165, 1.54) is 161 Å². The molecule has 0 amide bonds. The lowest BCUT2D eigenvalue weighted by Gasteiger charge is -2.19. The predicted molar refractivity (Wildman–Crippen MR) is 238 cm³/mol. The van der Waals surface area contributed by atoms with Gasteiger partial charge >= 0.3 is 19.8 Å². The molecule has 0 aromatic heterocycles. The second-order valence-corrected chi connectivity index (χ2v) is 17.4. The van der Waals surface area contributed by atoms with Crippen molar-refractivity contribution in [1.29, 1.82) is 0 Å². The molecule has 3 N–H and O–H groups in total. The van der Waals surface area contributed by atoms with Crippen molar-refractivity contribution in [3.8, 4) is 0 Å². The van der Waals surface area contributed by atoms with Crippen molar-refractivity contribution in [2.75, 3.05) is 26.4 Å². The molecule has 0 aromatic carbocycles. The highest BCUT2D eigenvalue weighted by Crippen LogP contribution is 2.43. The molecule has 0 aliphatic carbocycles. The summed E-state index contributed by atoms with van der Waals surface area (Å²) in [5.41, 5.74) is 5.36. The first-order chi connectivity index (χ1) is 27.8. The number of carbonyl (C=O) groups is 2. The highest BCUT2D eigenvalue weighted by Gasteiger charge is 2.26. The van der Waals surface area contributed by atoms with Crippen LogP contribution in [0, 0.1) is 0 Å². The number of unbranched alkanes of at least 4 members (excludes halogenated alkanes) is 28. The van der Waals surface area contributed by atoms with Gasteiger partial charge in [0.25, 0.3) is 0 Å². The van der Waals surface area contributed by atoms with Crippen molar-refractivity contribution < 1.29 is 37.6 Å². The van der Waals surface area contributed by atoms with E-state index in [4.69, 9.17) is 24.3 Å². The minimum Gasteiger partial charge on any atom is -0.462 e. The molecule has 0 aliphatic heterocycles. The number of ether oxygens (including phenoxy) is 2. The fraction of sp³-hybridized carbons (Fsp3) is 0.872. The van der Waals surface area contributed by atoms with Gasteiger partial charge in [-0.25, -0.2) is 4.57 Å². The Morgan fingerprint density at radius 3 is 1.26 bits per heavy atom. The fourth-order valence-electron chi connectivity index (χ4n) is 6.74. The Hall–Kier alpha value is -1.51. The van der Waals surface area contributed by atoms with Gasteiger partial charge in [-0.3, -0.25) is 18.6 Å². The van der Waals surface area contributed by atoms with Gasteiger partial charge in [0.05, 0.1) is 13.2 Å². The van der Waals surface area contributed by atoms with Crippen LogP contribution in [0.3, 0.4) is 0 Å². The molecule has 0 aliphatic rings. The monoisotopic (exact) mass is 828 g/mol. The van der Waals surface area contributed by atoms with Crippen LogP contribution >= 0.6 is 7.82 Å². The van der Waals surface area contributed by atoms with E-state index in [-0.39, 0.29) is 38.6 Å². The Bertz CT molecular complexity index is 990. The average molecular weight is 828 g/mol. The number of hydrogen-bond donors (Lipinski definition) is 2. The van der Waals surface area contributed by atoms with Crippen LogP contribution in [0.2, 0.25) is 0 Å². The van der Waals surface area contributed by atoms with Crippen molar-refractivity contribution in [3.63, 3.8) is 0 Å². The van der Waals surface area contributed by atoms with Crippen molar-refractivity contribution in [2.45, 2.75) is 238 Å². The standard InChI is InChI=1S/C47H90NO8P/c1-3-5-7-9-11-13-15-17-19-21-22-24-25-27-29-31-33-35-37-39-46(49)53-43-45(44-55-57(51,52)54-42-41-48)56-47(50)40-38-36-34-32-30-28-26-23-20-18-16-14-12-10-8-6-4-2/h14,16-17,19,45H,3-13,15,18,20-44,48H2,1-2H3,(H,51,52)/b16-14+,19-17+/t45-/m1/s1. The number of allylic oxidation sites excluding steroid dienone is 4. The summed E-state index contributed by atoms with van der Waals surface area (Å²) in [5, 5.41) is 0. The van der Waals surface area contributed by atoms with E-state index in [0.717, 1.165) is 38.5 Å². The zero-order chi connectivity index (χ0) is 41.8. The van der Waals surface area contributed by atoms with Gasteiger partial charge in [0, 0.05) is 19.4 Å². The molecule has 0 radical (unpaired) electrons. The van der Waals surface area contributed by atoms with Crippen LogP contribution < -0.4 is 5.73 Å². The molecule has 0 rings (SSSR count). The Morgan fingerprint density at radius 1 is 0.509 bits per heavy atom. The van der Waals surface area contributed by atoms with E-state index in [1.54, 1.807) is 0 Å². The molecule has 10 heteroatoms. The van der Waals surface area contributed by atoms with Gasteiger partial charge < -0.3 is 20.1 Å². The normalized spacial score (nSPS) is 13.4. The van der Waals surface area contributed by atoms with Crippen LogP contribution in [0.15, 0.2) is 24.3 Å². The van der Waals surface area contributed by atoms with Crippen LogP contribution in [0.1, 0.15) is 232 Å². The number of hydrogen-bond acceptors (Lipinski definition) is 8. The molecular weight excluding hydrogens is 737 g/mol. The molecule has 0 aromatic rings.